The van der Waals surface area contributed by atoms with Crippen LogP contribution in [0.4, 0.5) is 0 Å². The smallest absolute Gasteiger partial charge is 0.231 e. The maximum atomic E-state index is 5.57. The molecule has 106 valence electrons. The molecule has 3 rings (SSSR count). The lowest BCUT2D eigenvalue weighted by molar-refractivity contribution is 0.327. The molecular formula is C15H25N3O. The predicted molar refractivity (Wildman–Crippen MR) is 74.1 cm³/mol. The Hall–Kier alpha value is -0.900. The lowest BCUT2D eigenvalue weighted by Gasteiger charge is -2.16. The summed E-state index contributed by atoms with van der Waals surface area (Å²) in [4.78, 5) is 4.72. The number of likely N-dealkylation sites (N-methyl/N-ethyl adjacent to an activating group) is 1. The topological polar surface area (TPSA) is 51.0 Å². The third kappa shape index (κ3) is 2.69. The van der Waals surface area contributed by atoms with Crippen LogP contribution in [-0.4, -0.2) is 22.7 Å². The molecule has 0 radical (unpaired) electrons. The molecule has 4 nitrogen and oxygen atoms in total. The van der Waals surface area contributed by atoms with Crippen LogP contribution in [0.2, 0.25) is 0 Å². The van der Waals surface area contributed by atoms with Crippen molar-refractivity contribution in [1.29, 1.82) is 0 Å². The average Bonchev–Trinajstić information content (AvgIpc) is 3.07. The van der Waals surface area contributed by atoms with Gasteiger partial charge in [0.15, 0.2) is 5.82 Å². The van der Waals surface area contributed by atoms with Crippen molar-refractivity contribution in [2.45, 2.75) is 70.3 Å². The van der Waals surface area contributed by atoms with E-state index in [2.05, 4.69) is 24.3 Å². The third-order valence-corrected chi connectivity index (χ3v) is 4.82. The first-order chi connectivity index (χ1) is 9.28. The zero-order valence-corrected chi connectivity index (χ0v) is 12.1. The van der Waals surface area contributed by atoms with Gasteiger partial charge in [0.2, 0.25) is 5.89 Å². The highest BCUT2D eigenvalue weighted by molar-refractivity contribution is 5.06. The Labute approximate surface area is 115 Å². The lowest BCUT2D eigenvalue weighted by Crippen LogP contribution is -2.31. The molecule has 2 saturated carbocycles. The molecule has 0 saturated heterocycles. The summed E-state index contributed by atoms with van der Waals surface area (Å²) < 4.78 is 5.57. The van der Waals surface area contributed by atoms with Crippen molar-refractivity contribution in [1.82, 2.24) is 15.5 Å². The van der Waals surface area contributed by atoms with Crippen LogP contribution < -0.4 is 5.32 Å². The van der Waals surface area contributed by atoms with E-state index in [1.807, 2.05) is 0 Å². The van der Waals surface area contributed by atoms with E-state index < -0.39 is 0 Å². The van der Waals surface area contributed by atoms with E-state index in [4.69, 9.17) is 9.51 Å². The molecule has 4 heteroatoms. The zero-order chi connectivity index (χ0) is 13.2. The Balaban J connectivity index is 1.70. The van der Waals surface area contributed by atoms with Crippen molar-refractivity contribution in [3.05, 3.63) is 11.7 Å². The number of aromatic nitrogens is 2. The molecule has 4 atom stereocenters. The van der Waals surface area contributed by atoms with Crippen LogP contribution in [-0.2, 0) is 0 Å². The molecule has 4 unspecified atom stereocenters. The minimum Gasteiger partial charge on any atom is -0.339 e. The minimum absolute atomic E-state index is 0.431. The Kier molecular flexibility index (Phi) is 3.87. The van der Waals surface area contributed by atoms with Gasteiger partial charge in [-0.15, -0.1) is 0 Å². The summed E-state index contributed by atoms with van der Waals surface area (Å²) in [6.45, 7) is 5.50. The normalized spacial score (nSPS) is 35.1. The molecule has 2 fully saturated rings. The van der Waals surface area contributed by atoms with Crippen LogP contribution in [0.15, 0.2) is 4.52 Å². The highest BCUT2D eigenvalue weighted by atomic mass is 16.5. The van der Waals surface area contributed by atoms with Crippen molar-refractivity contribution in [3.63, 3.8) is 0 Å². The molecule has 2 aliphatic rings. The van der Waals surface area contributed by atoms with Gasteiger partial charge in [0.05, 0.1) is 5.92 Å². The first kappa shape index (κ1) is 13.1. The first-order valence-corrected chi connectivity index (χ1v) is 7.84. The highest BCUT2D eigenvalue weighted by Crippen LogP contribution is 2.38. The van der Waals surface area contributed by atoms with Crippen molar-refractivity contribution < 1.29 is 4.52 Å². The maximum Gasteiger partial charge on any atom is 0.231 e. The summed E-state index contributed by atoms with van der Waals surface area (Å²) in [5, 5.41) is 7.81. The van der Waals surface area contributed by atoms with E-state index in [0.29, 0.717) is 17.9 Å². The van der Waals surface area contributed by atoms with Gasteiger partial charge in [-0.3, -0.25) is 0 Å². The number of hydrogen-bond donors (Lipinski definition) is 1. The lowest BCUT2D eigenvalue weighted by atomic mass is 10.0. The van der Waals surface area contributed by atoms with E-state index in [-0.39, 0.29) is 0 Å². The summed E-state index contributed by atoms with van der Waals surface area (Å²) in [6.07, 6.45) is 7.43. The standard InChI is InChI=1S/C15H25N3O/c1-3-16-13-6-4-5-12(13)15-17-14(18-19-15)11-8-7-10(2)9-11/h10-13,16H,3-9H2,1-2H3. The third-order valence-electron chi connectivity index (χ3n) is 4.82. The molecule has 0 bridgehead atoms. The van der Waals surface area contributed by atoms with Crippen LogP contribution in [0.1, 0.15) is 75.9 Å². The fourth-order valence-corrected chi connectivity index (χ4v) is 3.77. The van der Waals surface area contributed by atoms with Gasteiger partial charge in [0.25, 0.3) is 0 Å². The monoisotopic (exact) mass is 263 g/mol. The number of nitrogens with zero attached hydrogens (tertiary/aromatic N) is 2. The Bertz CT molecular complexity index is 417. The number of rotatable bonds is 4. The van der Waals surface area contributed by atoms with Crippen LogP contribution in [0, 0.1) is 5.92 Å². The molecule has 1 aromatic heterocycles. The zero-order valence-electron chi connectivity index (χ0n) is 12.1. The van der Waals surface area contributed by atoms with Crippen molar-refractivity contribution >= 4 is 0 Å². The molecule has 1 aromatic rings. The maximum absolute atomic E-state index is 5.57. The second-order valence-corrected chi connectivity index (χ2v) is 6.31. The molecule has 0 aliphatic heterocycles. The van der Waals surface area contributed by atoms with Gasteiger partial charge < -0.3 is 9.84 Å². The average molecular weight is 263 g/mol. The van der Waals surface area contributed by atoms with Gasteiger partial charge in [-0.25, -0.2) is 0 Å². The minimum atomic E-state index is 0.431. The van der Waals surface area contributed by atoms with Gasteiger partial charge >= 0.3 is 0 Å². The van der Waals surface area contributed by atoms with Gasteiger partial charge in [-0.05, 0) is 44.6 Å². The summed E-state index contributed by atoms with van der Waals surface area (Å²) in [6, 6.07) is 0.529. The van der Waals surface area contributed by atoms with E-state index >= 15 is 0 Å². The Morgan fingerprint density at radius 2 is 2.16 bits per heavy atom. The first-order valence-electron chi connectivity index (χ1n) is 7.84. The van der Waals surface area contributed by atoms with Gasteiger partial charge in [-0.2, -0.15) is 4.98 Å². The summed E-state index contributed by atoms with van der Waals surface area (Å²) in [5.41, 5.74) is 0. The molecule has 0 spiro atoms. The summed E-state index contributed by atoms with van der Waals surface area (Å²) in [5.74, 6) is 3.61. The highest BCUT2D eigenvalue weighted by Gasteiger charge is 2.34. The number of hydrogen-bond acceptors (Lipinski definition) is 4. The van der Waals surface area contributed by atoms with Crippen molar-refractivity contribution in [3.8, 4) is 0 Å². The van der Waals surface area contributed by atoms with E-state index in [9.17, 15) is 0 Å². The summed E-state index contributed by atoms with van der Waals surface area (Å²) in [7, 11) is 0. The SMILES string of the molecule is CCNC1CCCC1c1nc(C2CCC(C)C2)no1. The molecule has 2 aliphatic carbocycles. The molecular weight excluding hydrogens is 238 g/mol. The fraction of sp³-hybridized carbons (Fsp3) is 0.867. The molecule has 0 aromatic carbocycles. The second kappa shape index (κ2) is 5.61. The quantitative estimate of drug-likeness (QED) is 0.906. The Morgan fingerprint density at radius 3 is 2.89 bits per heavy atom. The number of nitrogens with one attached hydrogen (secondary N) is 1. The van der Waals surface area contributed by atoms with Crippen LogP contribution >= 0.6 is 0 Å². The fourth-order valence-electron chi connectivity index (χ4n) is 3.77. The van der Waals surface area contributed by atoms with Crippen LogP contribution in [0.3, 0.4) is 0 Å². The molecule has 0 amide bonds. The van der Waals surface area contributed by atoms with Crippen LogP contribution in [0.5, 0.6) is 0 Å². The van der Waals surface area contributed by atoms with Crippen molar-refractivity contribution in [2.24, 2.45) is 5.92 Å². The van der Waals surface area contributed by atoms with Crippen molar-refractivity contribution in [2.75, 3.05) is 6.54 Å². The van der Waals surface area contributed by atoms with Gasteiger partial charge in [-0.1, -0.05) is 25.4 Å². The van der Waals surface area contributed by atoms with E-state index in [1.165, 1.54) is 38.5 Å². The second-order valence-electron chi connectivity index (χ2n) is 6.31. The summed E-state index contributed by atoms with van der Waals surface area (Å²) >= 11 is 0. The molecule has 1 heterocycles. The predicted octanol–water partition coefficient (Wildman–Crippen LogP) is 3.22. The van der Waals surface area contributed by atoms with Gasteiger partial charge in [0.1, 0.15) is 0 Å². The van der Waals surface area contributed by atoms with E-state index in [0.717, 1.165) is 24.2 Å². The van der Waals surface area contributed by atoms with E-state index in [1.54, 1.807) is 0 Å². The van der Waals surface area contributed by atoms with Gasteiger partial charge in [0, 0.05) is 12.0 Å². The van der Waals surface area contributed by atoms with Crippen LogP contribution in [0.25, 0.3) is 0 Å². The largest absolute Gasteiger partial charge is 0.339 e. The molecule has 1 N–H and O–H groups in total. The molecule has 19 heavy (non-hydrogen) atoms. The Morgan fingerprint density at radius 1 is 1.26 bits per heavy atom.